The lowest BCUT2D eigenvalue weighted by molar-refractivity contribution is 0.0584. The summed E-state index contributed by atoms with van der Waals surface area (Å²) in [6.07, 6.45) is -0.963. The molecule has 1 unspecified atom stereocenters. The Hall–Kier alpha value is -4.67. The van der Waals surface area contributed by atoms with Gasteiger partial charge >= 0.3 is 0 Å². The molecule has 0 N–H and O–H groups in total. The van der Waals surface area contributed by atoms with Gasteiger partial charge in [-0.25, -0.2) is 4.21 Å². The molecule has 0 radical (unpaired) electrons. The lowest BCUT2D eigenvalue weighted by atomic mass is 10.0. The predicted molar refractivity (Wildman–Crippen MR) is 236 cm³/mol. The van der Waals surface area contributed by atoms with Crippen LogP contribution in [0.2, 0.25) is 18.1 Å². The highest BCUT2D eigenvalue weighted by atomic mass is 79.9. The number of halogens is 1. The molecular formula is C48H51BrO6SSi. The quantitative estimate of drug-likeness (QED) is 0.0531. The monoisotopic (exact) mass is 862 g/mol. The number of rotatable bonds is 21. The minimum atomic E-state index is -2.13. The van der Waals surface area contributed by atoms with Gasteiger partial charge in [-0.05, 0) is 64.7 Å². The average molecular weight is 864 g/mol. The van der Waals surface area contributed by atoms with E-state index in [1.165, 1.54) is 0 Å². The van der Waals surface area contributed by atoms with E-state index in [1.807, 2.05) is 158 Å². The number of benzene rings is 6. The van der Waals surface area contributed by atoms with Gasteiger partial charge in [0.2, 0.25) is 0 Å². The van der Waals surface area contributed by atoms with Crippen molar-refractivity contribution in [2.24, 2.45) is 0 Å². The summed E-state index contributed by atoms with van der Waals surface area (Å²) in [5.41, 5.74) is 3.99. The summed E-state index contributed by atoms with van der Waals surface area (Å²) in [4.78, 5) is 1.05. The smallest absolute Gasteiger partial charge is 0.192 e. The standard InChI is InChI=1S/C48H51BrO6SSi/c1-4-57(5-2,6-3)55-46(33-49)47(40-27-29-41(30-28-40)51-34-37-19-11-7-12-20-37)54-45-32-42(52-35-38-21-13-8-14-22-38)31-44(53-36-39-23-15-9-16-24-39)48(45)56(50)43-25-17-10-18-26-43/h7-32,46-47H,4-6,33-36H2,1-3H3/t46-,47-,56?/m1/s1. The van der Waals surface area contributed by atoms with Crippen LogP contribution in [0.4, 0.5) is 0 Å². The summed E-state index contributed by atoms with van der Waals surface area (Å²) >= 11 is 3.83. The minimum Gasteiger partial charge on any atom is -0.489 e. The molecular weight excluding hydrogens is 813 g/mol. The Labute approximate surface area is 349 Å². The van der Waals surface area contributed by atoms with Crippen molar-refractivity contribution in [2.45, 2.75) is 80.7 Å². The molecule has 0 bridgehead atoms. The van der Waals surface area contributed by atoms with Gasteiger partial charge in [0.25, 0.3) is 0 Å². The molecule has 0 aliphatic carbocycles. The molecule has 296 valence electrons. The van der Waals surface area contributed by atoms with Crippen LogP contribution in [-0.2, 0) is 35.0 Å². The molecule has 0 saturated carbocycles. The molecule has 6 aromatic rings. The highest BCUT2D eigenvalue weighted by Gasteiger charge is 2.37. The van der Waals surface area contributed by atoms with Crippen LogP contribution in [0, 0.1) is 0 Å². The molecule has 6 nitrogen and oxygen atoms in total. The summed E-state index contributed by atoms with van der Waals surface area (Å²) in [6, 6.07) is 54.1. The van der Waals surface area contributed by atoms with Gasteiger partial charge in [0.1, 0.15) is 53.8 Å². The van der Waals surface area contributed by atoms with Crippen LogP contribution in [0.15, 0.2) is 168 Å². The van der Waals surface area contributed by atoms with Crippen molar-refractivity contribution >= 4 is 35.0 Å². The molecule has 0 aliphatic rings. The van der Waals surface area contributed by atoms with E-state index < -0.39 is 25.2 Å². The minimum absolute atomic E-state index is 0.264. The van der Waals surface area contributed by atoms with E-state index in [4.69, 9.17) is 23.4 Å². The Morgan fingerprint density at radius 3 is 1.51 bits per heavy atom. The zero-order chi connectivity index (χ0) is 39.9. The Kier molecular flexibility index (Phi) is 15.6. The molecule has 6 rings (SSSR count). The molecule has 0 amide bonds. The highest BCUT2D eigenvalue weighted by molar-refractivity contribution is 9.09. The van der Waals surface area contributed by atoms with Crippen LogP contribution in [0.25, 0.3) is 0 Å². The third-order valence-electron chi connectivity index (χ3n) is 10.2. The van der Waals surface area contributed by atoms with E-state index in [0.29, 0.717) is 45.6 Å². The Morgan fingerprint density at radius 1 is 0.561 bits per heavy atom. The zero-order valence-electron chi connectivity index (χ0n) is 32.9. The van der Waals surface area contributed by atoms with Crippen LogP contribution in [0.1, 0.15) is 49.1 Å². The third-order valence-corrected chi connectivity index (χ3v) is 16.9. The van der Waals surface area contributed by atoms with Gasteiger partial charge in [-0.3, -0.25) is 0 Å². The number of hydrogen-bond acceptors (Lipinski definition) is 6. The van der Waals surface area contributed by atoms with Crippen molar-refractivity contribution in [3.63, 3.8) is 0 Å². The average Bonchev–Trinajstić information content (AvgIpc) is 3.28. The fraction of sp³-hybridized carbons (Fsp3) is 0.250. The maximum absolute atomic E-state index is 14.8. The topological polar surface area (TPSA) is 63.2 Å². The van der Waals surface area contributed by atoms with Crippen LogP contribution in [0.3, 0.4) is 0 Å². The normalized spacial score (nSPS) is 13.0. The second-order valence-corrected chi connectivity index (χ2v) is 20.6. The fourth-order valence-electron chi connectivity index (χ4n) is 6.64. The van der Waals surface area contributed by atoms with E-state index in [1.54, 1.807) is 0 Å². The van der Waals surface area contributed by atoms with Crippen molar-refractivity contribution in [3.8, 4) is 23.0 Å². The SMILES string of the molecule is CC[Si](CC)(CC)O[C@H](CBr)[C@H](Oc1cc(OCc2ccccc2)cc(OCc2ccccc2)c1S(=O)c1ccccc1)c1ccc(OCc2ccccc2)cc1. The third kappa shape index (κ3) is 11.5. The van der Waals surface area contributed by atoms with Crippen LogP contribution in [-0.4, -0.2) is 24.0 Å². The molecule has 0 heterocycles. The Balaban J connectivity index is 1.45. The predicted octanol–water partition coefficient (Wildman–Crippen LogP) is 12.5. The van der Waals surface area contributed by atoms with Gasteiger partial charge < -0.3 is 23.4 Å². The lowest BCUT2D eigenvalue weighted by Crippen LogP contribution is -2.43. The van der Waals surface area contributed by atoms with Gasteiger partial charge in [-0.1, -0.05) is 158 Å². The molecule has 0 aromatic heterocycles. The number of ether oxygens (including phenoxy) is 4. The van der Waals surface area contributed by atoms with Crippen molar-refractivity contribution in [2.75, 3.05) is 5.33 Å². The van der Waals surface area contributed by atoms with Gasteiger partial charge in [0.05, 0.1) is 16.9 Å². The van der Waals surface area contributed by atoms with Crippen molar-refractivity contribution in [1.29, 1.82) is 0 Å². The summed E-state index contributed by atoms with van der Waals surface area (Å²) in [7, 11) is -3.81. The van der Waals surface area contributed by atoms with Gasteiger partial charge in [0.15, 0.2) is 8.32 Å². The van der Waals surface area contributed by atoms with Crippen molar-refractivity contribution < 1.29 is 27.6 Å². The van der Waals surface area contributed by atoms with E-state index in [2.05, 4.69) is 36.7 Å². The van der Waals surface area contributed by atoms with E-state index >= 15 is 0 Å². The first-order valence-electron chi connectivity index (χ1n) is 19.6. The molecule has 0 aliphatic heterocycles. The largest absolute Gasteiger partial charge is 0.489 e. The summed E-state index contributed by atoms with van der Waals surface area (Å²) in [5, 5.41) is 0.525. The lowest BCUT2D eigenvalue weighted by Gasteiger charge is -2.37. The van der Waals surface area contributed by atoms with Crippen molar-refractivity contribution in [1.82, 2.24) is 0 Å². The van der Waals surface area contributed by atoms with Gasteiger partial charge in [-0.15, -0.1) is 0 Å². The summed E-state index contributed by atoms with van der Waals surface area (Å²) in [6.45, 7) is 7.73. The van der Waals surface area contributed by atoms with E-state index in [9.17, 15) is 4.21 Å². The first kappa shape index (κ1) is 41.9. The Morgan fingerprint density at radius 2 is 1.02 bits per heavy atom. The maximum atomic E-state index is 14.8. The molecule has 0 saturated heterocycles. The molecule has 6 aromatic carbocycles. The zero-order valence-corrected chi connectivity index (χ0v) is 36.3. The number of hydrogen-bond donors (Lipinski definition) is 0. The molecule has 9 heteroatoms. The summed E-state index contributed by atoms with van der Waals surface area (Å²) < 4.78 is 48.5. The van der Waals surface area contributed by atoms with E-state index in [0.717, 1.165) is 46.1 Å². The number of alkyl halides is 1. The maximum Gasteiger partial charge on any atom is 0.192 e. The second kappa shape index (κ2) is 21.2. The van der Waals surface area contributed by atoms with Gasteiger partial charge in [-0.2, -0.15) is 0 Å². The van der Waals surface area contributed by atoms with Gasteiger partial charge in [0, 0.05) is 22.4 Å². The second-order valence-electron chi connectivity index (χ2n) is 13.8. The van der Waals surface area contributed by atoms with Crippen LogP contribution < -0.4 is 18.9 Å². The highest BCUT2D eigenvalue weighted by Crippen LogP contribution is 2.43. The van der Waals surface area contributed by atoms with Crippen LogP contribution >= 0.6 is 15.9 Å². The van der Waals surface area contributed by atoms with Crippen LogP contribution in [0.5, 0.6) is 23.0 Å². The molecule has 0 spiro atoms. The Bertz CT molecular complexity index is 2110. The molecule has 0 fully saturated rings. The first-order valence-corrected chi connectivity index (χ1v) is 24.4. The fourth-order valence-corrected chi connectivity index (χ4v) is 11.4. The van der Waals surface area contributed by atoms with Crippen molar-refractivity contribution in [3.05, 3.63) is 180 Å². The van der Waals surface area contributed by atoms with E-state index in [-0.39, 0.29) is 12.7 Å². The first-order chi connectivity index (χ1) is 27.9. The summed E-state index contributed by atoms with van der Waals surface area (Å²) in [5.74, 6) is 2.09. The molecule has 3 atom stereocenters. The molecule has 57 heavy (non-hydrogen) atoms.